The standard InChI is InChI=1S/C50H36/c1-3-31-26-37-24-25-38-27-32(4-2)29-41-46(38)45(37)40(28-31)49-44(34-18-10-6-11-19-34)42-30-36-22-14-15-23-39(36)43(33-16-8-5-9-17-33)48(42)47(50(41)49)35-20-12-7-13-21-35/h5-30H,3-4H2,1-2H3. The number of fused-ring (bicyclic) bond motifs is 5. The van der Waals surface area contributed by atoms with Gasteiger partial charge in [-0.1, -0.05) is 166 Å². The summed E-state index contributed by atoms with van der Waals surface area (Å²) in [4.78, 5) is 0. The summed E-state index contributed by atoms with van der Waals surface area (Å²) in [5.74, 6) is 0. The second kappa shape index (κ2) is 11.3. The van der Waals surface area contributed by atoms with Gasteiger partial charge >= 0.3 is 0 Å². The Balaban J connectivity index is 1.64. The van der Waals surface area contributed by atoms with E-state index in [0.717, 1.165) is 12.8 Å². The lowest BCUT2D eigenvalue weighted by molar-refractivity contribution is 1.15. The SMILES string of the molecule is CCc1cc2ccc3cc(CC)cc4c5c(-c6ccccc6)c6c(-c7ccccc7)c7ccccc7cc6c(-c6ccccc6)c5c(c1)c2c34. The van der Waals surface area contributed by atoms with Gasteiger partial charge in [-0.25, -0.2) is 0 Å². The lowest BCUT2D eigenvalue weighted by Gasteiger charge is -2.26. The predicted molar refractivity (Wildman–Crippen MR) is 218 cm³/mol. The van der Waals surface area contributed by atoms with Crippen LogP contribution in [0.1, 0.15) is 25.0 Å². The van der Waals surface area contributed by atoms with Gasteiger partial charge in [0, 0.05) is 0 Å². The molecule has 0 bridgehead atoms. The van der Waals surface area contributed by atoms with Crippen LogP contribution in [0.3, 0.4) is 0 Å². The summed E-state index contributed by atoms with van der Waals surface area (Å²) >= 11 is 0. The molecule has 10 rings (SSSR count). The Morgan fingerprint density at radius 2 is 0.740 bits per heavy atom. The molecular weight excluding hydrogens is 601 g/mol. The first-order chi connectivity index (χ1) is 24.7. The zero-order valence-electron chi connectivity index (χ0n) is 28.4. The van der Waals surface area contributed by atoms with E-state index >= 15 is 0 Å². The van der Waals surface area contributed by atoms with Crippen LogP contribution in [0.4, 0.5) is 0 Å². The Morgan fingerprint density at radius 3 is 1.26 bits per heavy atom. The Labute approximate surface area is 292 Å². The number of hydrogen-bond donors (Lipinski definition) is 0. The van der Waals surface area contributed by atoms with Crippen molar-refractivity contribution >= 4 is 64.6 Å². The minimum absolute atomic E-state index is 0.984. The van der Waals surface area contributed by atoms with Gasteiger partial charge in [-0.2, -0.15) is 0 Å². The minimum atomic E-state index is 0.984. The highest BCUT2D eigenvalue weighted by Crippen LogP contribution is 2.54. The molecule has 10 aromatic rings. The van der Waals surface area contributed by atoms with Crippen molar-refractivity contribution in [3.63, 3.8) is 0 Å². The van der Waals surface area contributed by atoms with Gasteiger partial charge in [0.1, 0.15) is 0 Å². The van der Waals surface area contributed by atoms with E-state index in [1.165, 1.54) is 109 Å². The van der Waals surface area contributed by atoms with Gasteiger partial charge in [0.2, 0.25) is 0 Å². The van der Waals surface area contributed by atoms with Crippen molar-refractivity contribution < 1.29 is 0 Å². The Bertz CT molecular complexity index is 2900. The minimum Gasteiger partial charge on any atom is -0.0622 e. The van der Waals surface area contributed by atoms with Crippen molar-refractivity contribution in [1.29, 1.82) is 0 Å². The molecule has 0 radical (unpaired) electrons. The van der Waals surface area contributed by atoms with E-state index < -0.39 is 0 Å². The van der Waals surface area contributed by atoms with Crippen LogP contribution < -0.4 is 0 Å². The predicted octanol–water partition coefficient (Wildman–Crippen LogP) is 14.2. The van der Waals surface area contributed by atoms with Crippen molar-refractivity contribution in [3.05, 3.63) is 169 Å². The van der Waals surface area contributed by atoms with Gasteiger partial charge in [-0.05, 0) is 128 Å². The molecule has 0 saturated carbocycles. The quantitative estimate of drug-likeness (QED) is 0.130. The highest BCUT2D eigenvalue weighted by Gasteiger charge is 2.26. The van der Waals surface area contributed by atoms with E-state index in [2.05, 4.69) is 172 Å². The third-order valence-corrected chi connectivity index (χ3v) is 11.0. The molecule has 0 N–H and O–H groups in total. The van der Waals surface area contributed by atoms with Gasteiger partial charge in [-0.3, -0.25) is 0 Å². The molecule has 0 atom stereocenters. The smallest absolute Gasteiger partial charge is 0.000708 e. The van der Waals surface area contributed by atoms with Crippen LogP contribution >= 0.6 is 0 Å². The first-order valence-corrected chi connectivity index (χ1v) is 18.0. The molecule has 0 aliphatic rings. The third-order valence-electron chi connectivity index (χ3n) is 11.0. The summed E-state index contributed by atoms with van der Waals surface area (Å²) in [5.41, 5.74) is 10.4. The Morgan fingerprint density at radius 1 is 0.300 bits per heavy atom. The third kappa shape index (κ3) is 4.18. The molecule has 0 saturated heterocycles. The maximum absolute atomic E-state index is 2.51. The Hall–Kier alpha value is -5.98. The normalized spacial score (nSPS) is 12.0. The number of hydrogen-bond acceptors (Lipinski definition) is 0. The van der Waals surface area contributed by atoms with E-state index in [0.29, 0.717) is 0 Å². The van der Waals surface area contributed by atoms with E-state index in [4.69, 9.17) is 0 Å². The summed E-state index contributed by atoms with van der Waals surface area (Å²) in [6.07, 6.45) is 1.97. The molecule has 236 valence electrons. The molecule has 0 spiro atoms. The molecule has 0 aliphatic heterocycles. The molecule has 0 nitrogen and oxygen atoms in total. The van der Waals surface area contributed by atoms with Crippen LogP contribution in [0.15, 0.2) is 158 Å². The van der Waals surface area contributed by atoms with Crippen molar-refractivity contribution in [2.75, 3.05) is 0 Å². The van der Waals surface area contributed by atoms with Crippen LogP contribution in [-0.4, -0.2) is 0 Å². The van der Waals surface area contributed by atoms with Gasteiger partial charge in [0.25, 0.3) is 0 Å². The number of benzene rings is 10. The lowest BCUT2D eigenvalue weighted by Crippen LogP contribution is -1.98. The van der Waals surface area contributed by atoms with Gasteiger partial charge in [0.15, 0.2) is 0 Å². The maximum atomic E-state index is 2.51. The second-order valence-electron chi connectivity index (χ2n) is 13.7. The highest BCUT2D eigenvalue weighted by molar-refractivity contribution is 6.42. The summed E-state index contributed by atoms with van der Waals surface area (Å²) in [6, 6.07) is 59.4. The molecule has 10 aromatic carbocycles. The van der Waals surface area contributed by atoms with E-state index in [-0.39, 0.29) is 0 Å². The van der Waals surface area contributed by atoms with E-state index in [1.807, 2.05) is 0 Å². The van der Waals surface area contributed by atoms with Gasteiger partial charge < -0.3 is 0 Å². The van der Waals surface area contributed by atoms with Crippen LogP contribution in [-0.2, 0) is 12.8 Å². The molecule has 50 heavy (non-hydrogen) atoms. The fourth-order valence-electron chi connectivity index (χ4n) is 8.81. The Kier molecular flexibility index (Phi) is 6.54. The monoisotopic (exact) mass is 636 g/mol. The number of rotatable bonds is 5. The van der Waals surface area contributed by atoms with Crippen LogP contribution in [0.25, 0.3) is 98.0 Å². The average Bonchev–Trinajstić information content (AvgIpc) is 3.19. The topological polar surface area (TPSA) is 0 Å². The molecule has 0 heterocycles. The summed E-state index contributed by atoms with van der Waals surface area (Å²) in [6.45, 7) is 4.56. The zero-order valence-corrected chi connectivity index (χ0v) is 28.4. The average molecular weight is 637 g/mol. The molecule has 0 heteroatoms. The largest absolute Gasteiger partial charge is 0.0622 e. The summed E-state index contributed by atoms with van der Waals surface area (Å²) < 4.78 is 0. The van der Waals surface area contributed by atoms with Crippen molar-refractivity contribution in [1.82, 2.24) is 0 Å². The fourth-order valence-corrected chi connectivity index (χ4v) is 8.81. The van der Waals surface area contributed by atoms with Gasteiger partial charge in [-0.15, -0.1) is 0 Å². The van der Waals surface area contributed by atoms with E-state index in [9.17, 15) is 0 Å². The summed E-state index contributed by atoms with van der Waals surface area (Å²) in [7, 11) is 0. The summed E-state index contributed by atoms with van der Waals surface area (Å²) in [5, 5.41) is 16.0. The number of aryl methyl sites for hydroxylation is 2. The van der Waals surface area contributed by atoms with Crippen molar-refractivity contribution in [2.24, 2.45) is 0 Å². The first kappa shape index (κ1) is 29.0. The van der Waals surface area contributed by atoms with Crippen LogP contribution in [0.5, 0.6) is 0 Å². The first-order valence-electron chi connectivity index (χ1n) is 18.0. The van der Waals surface area contributed by atoms with Crippen molar-refractivity contribution in [2.45, 2.75) is 26.7 Å². The molecule has 0 unspecified atom stereocenters. The van der Waals surface area contributed by atoms with Gasteiger partial charge in [0.05, 0.1) is 0 Å². The maximum Gasteiger partial charge on any atom is -0.000708 e. The van der Waals surface area contributed by atoms with Crippen LogP contribution in [0.2, 0.25) is 0 Å². The fraction of sp³-hybridized carbons (Fsp3) is 0.0800. The lowest BCUT2D eigenvalue weighted by atomic mass is 9.77. The molecule has 0 fully saturated rings. The van der Waals surface area contributed by atoms with Crippen molar-refractivity contribution in [3.8, 4) is 33.4 Å². The van der Waals surface area contributed by atoms with Crippen LogP contribution in [0, 0.1) is 0 Å². The molecule has 0 aromatic heterocycles. The molecule has 0 amide bonds. The van der Waals surface area contributed by atoms with E-state index in [1.54, 1.807) is 0 Å². The molecular formula is C50H36. The molecule has 0 aliphatic carbocycles. The highest BCUT2D eigenvalue weighted by atomic mass is 14.3. The zero-order chi connectivity index (χ0) is 33.3. The second-order valence-corrected chi connectivity index (χ2v) is 13.7.